The molecule has 20 heavy (non-hydrogen) atoms. The Bertz CT molecular complexity index is 467. The molecule has 1 heterocycles. The smallest absolute Gasteiger partial charge is 0.244 e. The number of nitrogens with zero attached hydrogens (tertiary/aromatic N) is 2. The average Bonchev–Trinajstić information content (AvgIpc) is 2.81. The lowest BCUT2D eigenvalue weighted by Crippen LogP contribution is -2.40. The molecule has 1 aromatic carbocycles. The number of para-hydroxylation sites is 1. The van der Waals surface area contributed by atoms with E-state index in [2.05, 4.69) is 0 Å². The van der Waals surface area contributed by atoms with Gasteiger partial charge in [0.2, 0.25) is 5.91 Å². The second-order valence-electron chi connectivity index (χ2n) is 5.16. The first-order valence-electron chi connectivity index (χ1n) is 7.02. The number of carbonyl (C=O) groups is 1. The molecule has 5 heteroatoms. The molecule has 1 aliphatic rings. The minimum atomic E-state index is -0.357. The van der Waals surface area contributed by atoms with Gasteiger partial charge in [0.15, 0.2) is 0 Å². The number of benzene rings is 1. The van der Waals surface area contributed by atoms with Gasteiger partial charge in [-0.2, -0.15) is 0 Å². The lowest BCUT2D eigenvalue weighted by Gasteiger charge is -2.23. The van der Waals surface area contributed by atoms with Crippen molar-refractivity contribution < 1.29 is 14.3 Å². The highest BCUT2D eigenvalue weighted by molar-refractivity contribution is 5.99. The van der Waals surface area contributed by atoms with Crippen LogP contribution in [0.15, 0.2) is 24.3 Å². The third-order valence-corrected chi connectivity index (χ3v) is 3.77. The van der Waals surface area contributed by atoms with Crippen LogP contribution in [-0.4, -0.2) is 48.7 Å². The van der Waals surface area contributed by atoms with Gasteiger partial charge < -0.3 is 10.0 Å². The van der Waals surface area contributed by atoms with E-state index in [0.29, 0.717) is 18.7 Å². The number of carbonyl (C=O) groups excluding carboxylic acids is 1. The first-order chi connectivity index (χ1) is 9.65. The summed E-state index contributed by atoms with van der Waals surface area (Å²) in [6.45, 7) is 1.49. The molecule has 1 aromatic rings. The fraction of sp³-hybridized carbons (Fsp3) is 0.533. The zero-order valence-electron chi connectivity index (χ0n) is 11.8. The second-order valence-corrected chi connectivity index (χ2v) is 5.16. The molecule has 1 N–H and O–H groups in total. The van der Waals surface area contributed by atoms with Gasteiger partial charge in [-0.1, -0.05) is 12.1 Å². The van der Waals surface area contributed by atoms with Crippen LogP contribution in [0.5, 0.6) is 0 Å². The van der Waals surface area contributed by atoms with Gasteiger partial charge in [0.25, 0.3) is 0 Å². The number of unbranched alkanes of at least 4 members (excludes halogenated alkanes) is 1. The van der Waals surface area contributed by atoms with E-state index in [1.54, 1.807) is 18.2 Å². The van der Waals surface area contributed by atoms with Gasteiger partial charge in [0, 0.05) is 13.2 Å². The number of amides is 1. The van der Waals surface area contributed by atoms with Crippen LogP contribution < -0.4 is 4.90 Å². The van der Waals surface area contributed by atoms with Gasteiger partial charge in [-0.3, -0.25) is 9.69 Å². The Balaban J connectivity index is 2.00. The van der Waals surface area contributed by atoms with Crippen molar-refractivity contribution in [3.63, 3.8) is 0 Å². The summed E-state index contributed by atoms with van der Waals surface area (Å²) in [5.41, 5.74) is 0.365. The van der Waals surface area contributed by atoms with E-state index in [4.69, 9.17) is 5.11 Å². The van der Waals surface area contributed by atoms with E-state index in [1.807, 2.05) is 11.9 Å². The number of aliphatic hydroxyl groups is 1. The van der Waals surface area contributed by atoms with Crippen LogP contribution in [0, 0.1) is 5.82 Å². The van der Waals surface area contributed by atoms with Crippen molar-refractivity contribution >= 4 is 11.6 Å². The highest BCUT2D eigenvalue weighted by Crippen LogP contribution is 2.26. The average molecular weight is 280 g/mol. The Morgan fingerprint density at radius 2 is 2.15 bits per heavy atom. The molecule has 0 aliphatic carbocycles. The highest BCUT2D eigenvalue weighted by Gasteiger charge is 2.35. The summed E-state index contributed by atoms with van der Waals surface area (Å²) in [5.74, 6) is -0.397. The highest BCUT2D eigenvalue weighted by atomic mass is 19.1. The van der Waals surface area contributed by atoms with E-state index in [9.17, 15) is 9.18 Å². The van der Waals surface area contributed by atoms with Crippen molar-refractivity contribution in [3.05, 3.63) is 30.1 Å². The molecule has 0 saturated carbocycles. The van der Waals surface area contributed by atoms with Gasteiger partial charge in [-0.05, 0) is 45.0 Å². The maximum atomic E-state index is 13.8. The van der Waals surface area contributed by atoms with Crippen LogP contribution in [0.25, 0.3) is 0 Å². The zero-order chi connectivity index (χ0) is 14.5. The van der Waals surface area contributed by atoms with Crippen LogP contribution >= 0.6 is 0 Å². The van der Waals surface area contributed by atoms with Crippen LogP contribution in [0.3, 0.4) is 0 Å². The number of hydrogen-bond donors (Lipinski definition) is 1. The third-order valence-electron chi connectivity index (χ3n) is 3.77. The zero-order valence-corrected chi connectivity index (χ0v) is 11.8. The molecule has 0 aromatic heterocycles. The summed E-state index contributed by atoms with van der Waals surface area (Å²) >= 11 is 0. The largest absolute Gasteiger partial charge is 0.396 e. The fourth-order valence-electron chi connectivity index (χ4n) is 2.61. The molecule has 1 aliphatic heterocycles. The van der Waals surface area contributed by atoms with Crippen LogP contribution in [0.2, 0.25) is 0 Å². The van der Waals surface area contributed by atoms with Crippen LogP contribution in [0.4, 0.5) is 10.1 Å². The number of anilines is 1. The van der Waals surface area contributed by atoms with Crippen LogP contribution in [-0.2, 0) is 4.79 Å². The summed E-state index contributed by atoms with van der Waals surface area (Å²) in [7, 11) is 1.91. The van der Waals surface area contributed by atoms with E-state index >= 15 is 0 Å². The number of aliphatic hydroxyl groups excluding tert-OH is 1. The molecule has 1 amide bonds. The molecule has 110 valence electrons. The number of likely N-dealkylation sites (N-methyl/N-ethyl adjacent to an activating group) is 1. The second kappa shape index (κ2) is 6.81. The molecule has 1 unspecified atom stereocenters. The van der Waals surface area contributed by atoms with E-state index in [1.165, 1.54) is 11.0 Å². The standard InChI is InChI=1S/C15H21FN2O2/c1-17(9-4-5-11-19)14-8-10-18(15(14)20)13-7-3-2-6-12(13)16/h2-3,6-7,14,19H,4-5,8-11H2,1H3. The predicted molar refractivity (Wildman–Crippen MR) is 76.1 cm³/mol. The summed E-state index contributed by atoms with van der Waals surface area (Å²) in [4.78, 5) is 15.9. The molecule has 0 spiro atoms. The summed E-state index contributed by atoms with van der Waals surface area (Å²) < 4.78 is 13.8. The number of halogens is 1. The normalized spacial score (nSPS) is 19.1. The SMILES string of the molecule is CN(CCCCO)C1CCN(c2ccccc2F)C1=O. The lowest BCUT2D eigenvalue weighted by atomic mass is 10.2. The molecule has 1 atom stereocenters. The minimum Gasteiger partial charge on any atom is -0.396 e. The van der Waals surface area contributed by atoms with Gasteiger partial charge in [0.05, 0.1) is 11.7 Å². The van der Waals surface area contributed by atoms with Gasteiger partial charge in [-0.15, -0.1) is 0 Å². The van der Waals surface area contributed by atoms with E-state index in [-0.39, 0.29) is 24.4 Å². The lowest BCUT2D eigenvalue weighted by molar-refractivity contribution is -0.121. The van der Waals surface area contributed by atoms with Crippen LogP contribution in [0.1, 0.15) is 19.3 Å². The van der Waals surface area contributed by atoms with Crippen molar-refractivity contribution in [3.8, 4) is 0 Å². The Hall–Kier alpha value is -1.46. The maximum absolute atomic E-state index is 13.8. The number of rotatable bonds is 6. The maximum Gasteiger partial charge on any atom is 0.244 e. The van der Waals surface area contributed by atoms with Crippen molar-refractivity contribution in [2.24, 2.45) is 0 Å². The Morgan fingerprint density at radius 1 is 1.40 bits per heavy atom. The van der Waals surface area contributed by atoms with Gasteiger partial charge in [0.1, 0.15) is 5.82 Å². The first-order valence-corrected chi connectivity index (χ1v) is 7.02. The molecule has 0 radical (unpaired) electrons. The Morgan fingerprint density at radius 3 is 2.85 bits per heavy atom. The minimum absolute atomic E-state index is 0.0402. The number of hydrogen-bond acceptors (Lipinski definition) is 3. The van der Waals surface area contributed by atoms with E-state index < -0.39 is 0 Å². The molecule has 1 fully saturated rings. The van der Waals surface area contributed by atoms with Gasteiger partial charge >= 0.3 is 0 Å². The van der Waals surface area contributed by atoms with Crippen molar-refractivity contribution in [2.45, 2.75) is 25.3 Å². The topological polar surface area (TPSA) is 43.8 Å². The summed E-state index contributed by atoms with van der Waals surface area (Å²) in [6.07, 6.45) is 2.31. The van der Waals surface area contributed by atoms with Crippen molar-refractivity contribution in [1.29, 1.82) is 0 Å². The molecule has 1 saturated heterocycles. The Kier molecular flexibility index (Phi) is 5.09. The van der Waals surface area contributed by atoms with Crippen molar-refractivity contribution in [2.75, 3.05) is 31.6 Å². The molecule has 4 nitrogen and oxygen atoms in total. The molecular formula is C15H21FN2O2. The molecule has 0 bridgehead atoms. The third kappa shape index (κ3) is 3.16. The monoisotopic (exact) mass is 280 g/mol. The quantitative estimate of drug-likeness (QED) is 0.806. The van der Waals surface area contributed by atoms with Crippen molar-refractivity contribution in [1.82, 2.24) is 4.90 Å². The summed E-state index contributed by atoms with van der Waals surface area (Å²) in [6, 6.07) is 6.19. The fourth-order valence-corrected chi connectivity index (χ4v) is 2.61. The molecular weight excluding hydrogens is 259 g/mol. The Labute approximate surface area is 118 Å². The van der Waals surface area contributed by atoms with Gasteiger partial charge in [-0.25, -0.2) is 4.39 Å². The predicted octanol–water partition coefficient (Wildman–Crippen LogP) is 1.64. The summed E-state index contributed by atoms with van der Waals surface area (Å²) in [5, 5.41) is 8.78. The first kappa shape index (κ1) is 14.9. The van der Waals surface area contributed by atoms with E-state index in [0.717, 1.165) is 19.4 Å². The molecule has 2 rings (SSSR count).